The molecule has 1 fully saturated rings. The van der Waals surface area contributed by atoms with Gasteiger partial charge in [-0.05, 0) is 12.8 Å². The molecule has 0 amide bonds. The van der Waals surface area contributed by atoms with Gasteiger partial charge in [-0.2, -0.15) is 4.31 Å². The first-order valence-corrected chi connectivity index (χ1v) is 9.08. The minimum absolute atomic E-state index is 0.0792. The Morgan fingerprint density at radius 1 is 1.32 bits per heavy atom. The second-order valence-corrected chi connectivity index (χ2v) is 7.66. The second-order valence-electron chi connectivity index (χ2n) is 4.97. The number of sulfonamides is 1. The van der Waals surface area contributed by atoms with Crippen molar-refractivity contribution in [2.24, 2.45) is 0 Å². The average molecular weight is 338 g/mol. The van der Waals surface area contributed by atoms with Crippen molar-refractivity contribution in [3.63, 3.8) is 0 Å². The van der Waals surface area contributed by atoms with Gasteiger partial charge in [-0.1, -0.05) is 30.3 Å². The maximum Gasteiger partial charge on any atom is 0.322 e. The van der Waals surface area contributed by atoms with Crippen molar-refractivity contribution in [3.05, 3.63) is 35.7 Å². The predicted molar refractivity (Wildman–Crippen MR) is 82.1 cm³/mol. The third-order valence-corrected chi connectivity index (χ3v) is 6.40. The van der Waals surface area contributed by atoms with Crippen molar-refractivity contribution in [3.8, 4) is 10.6 Å². The van der Waals surface area contributed by atoms with E-state index in [1.165, 1.54) is 16.7 Å². The Kier molecular flexibility index (Phi) is 3.98. The lowest BCUT2D eigenvalue weighted by atomic mass is 10.2. The van der Waals surface area contributed by atoms with Crippen molar-refractivity contribution >= 4 is 27.3 Å². The Labute approximate surface area is 132 Å². The predicted octanol–water partition coefficient (Wildman–Crippen LogP) is 2.05. The smallest absolute Gasteiger partial charge is 0.322 e. The molecule has 0 bridgehead atoms. The Morgan fingerprint density at radius 3 is 2.73 bits per heavy atom. The molecule has 2 aromatic rings. The van der Waals surface area contributed by atoms with E-state index >= 15 is 0 Å². The second kappa shape index (κ2) is 5.79. The van der Waals surface area contributed by atoms with Crippen LogP contribution in [0.4, 0.5) is 0 Å². The summed E-state index contributed by atoms with van der Waals surface area (Å²) >= 11 is 1.23. The van der Waals surface area contributed by atoms with E-state index in [0.29, 0.717) is 17.8 Å². The summed E-state index contributed by atoms with van der Waals surface area (Å²) < 4.78 is 26.2. The number of aromatic nitrogens is 1. The lowest BCUT2D eigenvalue weighted by molar-refractivity contribution is -0.140. The lowest BCUT2D eigenvalue weighted by Gasteiger charge is -2.19. The van der Waals surface area contributed by atoms with Crippen molar-refractivity contribution in [2.45, 2.75) is 23.9 Å². The van der Waals surface area contributed by atoms with Gasteiger partial charge in [0.25, 0.3) is 10.0 Å². The number of carboxylic acids is 1. The van der Waals surface area contributed by atoms with Crippen LogP contribution in [-0.4, -0.2) is 41.4 Å². The van der Waals surface area contributed by atoms with E-state index in [4.69, 9.17) is 5.11 Å². The van der Waals surface area contributed by atoms with Crippen LogP contribution in [0.15, 0.2) is 40.7 Å². The molecule has 0 radical (unpaired) electrons. The summed E-state index contributed by atoms with van der Waals surface area (Å²) in [6, 6.07) is 8.29. The number of rotatable bonds is 4. The first-order valence-electron chi connectivity index (χ1n) is 6.76. The van der Waals surface area contributed by atoms with Crippen LogP contribution >= 0.6 is 11.3 Å². The molecule has 1 N–H and O–H groups in total. The third-order valence-electron chi connectivity index (χ3n) is 3.57. The van der Waals surface area contributed by atoms with E-state index in [1.807, 2.05) is 30.3 Å². The number of carboxylic acid groups (broad SMARTS) is 1. The molecule has 8 heteroatoms. The molecule has 1 atom stereocenters. The highest BCUT2D eigenvalue weighted by molar-refractivity contribution is 7.89. The van der Waals surface area contributed by atoms with Crippen molar-refractivity contribution in [1.29, 1.82) is 0 Å². The number of nitrogens with zero attached hydrogens (tertiary/aromatic N) is 2. The largest absolute Gasteiger partial charge is 0.480 e. The standard InChI is InChI=1S/C14H14N2O4S2/c17-14(18)11-7-4-8-16(11)22(19,20)12-9-21-13(15-12)10-5-2-1-3-6-10/h1-3,5-6,9,11H,4,7-8H2,(H,17,18)/t11-/m0/s1. The average Bonchev–Trinajstić information content (AvgIpc) is 3.18. The molecule has 0 unspecified atom stereocenters. The van der Waals surface area contributed by atoms with E-state index in [2.05, 4.69) is 4.98 Å². The molecule has 0 spiro atoms. The topological polar surface area (TPSA) is 87.6 Å². The summed E-state index contributed by atoms with van der Waals surface area (Å²) in [4.78, 5) is 15.4. The molecule has 1 saturated heterocycles. The number of carbonyl (C=O) groups is 1. The fourth-order valence-corrected chi connectivity index (χ4v) is 5.21. The van der Waals surface area contributed by atoms with Gasteiger partial charge in [0.1, 0.15) is 11.0 Å². The molecular weight excluding hydrogens is 324 g/mol. The third kappa shape index (κ3) is 2.65. The minimum Gasteiger partial charge on any atom is -0.480 e. The first-order chi connectivity index (χ1) is 10.5. The van der Waals surface area contributed by atoms with E-state index in [0.717, 1.165) is 9.87 Å². The van der Waals surface area contributed by atoms with Gasteiger partial charge in [0.2, 0.25) is 0 Å². The van der Waals surface area contributed by atoms with Gasteiger partial charge in [-0.15, -0.1) is 11.3 Å². The van der Waals surface area contributed by atoms with Crippen LogP contribution in [0, 0.1) is 0 Å². The van der Waals surface area contributed by atoms with Crippen molar-refractivity contribution < 1.29 is 18.3 Å². The maximum atomic E-state index is 12.6. The van der Waals surface area contributed by atoms with E-state index in [9.17, 15) is 13.2 Å². The number of benzene rings is 1. The Bertz CT molecular complexity index is 786. The molecule has 2 heterocycles. The molecule has 1 aliphatic rings. The number of thiazole rings is 1. The molecule has 1 aliphatic heterocycles. The zero-order valence-electron chi connectivity index (χ0n) is 11.5. The quantitative estimate of drug-likeness (QED) is 0.922. The first kappa shape index (κ1) is 15.1. The minimum atomic E-state index is -3.87. The Morgan fingerprint density at radius 2 is 2.05 bits per heavy atom. The molecule has 0 saturated carbocycles. The van der Waals surface area contributed by atoms with Crippen LogP contribution < -0.4 is 0 Å². The molecular formula is C14H14N2O4S2. The zero-order valence-corrected chi connectivity index (χ0v) is 13.2. The maximum absolute atomic E-state index is 12.6. The summed E-state index contributed by atoms with van der Waals surface area (Å²) in [5, 5.41) is 11.1. The zero-order chi connectivity index (χ0) is 15.7. The monoisotopic (exact) mass is 338 g/mol. The van der Waals surface area contributed by atoms with E-state index in [1.54, 1.807) is 0 Å². The van der Waals surface area contributed by atoms with Crippen LogP contribution in [0.5, 0.6) is 0 Å². The molecule has 6 nitrogen and oxygen atoms in total. The molecule has 116 valence electrons. The molecule has 3 rings (SSSR count). The van der Waals surface area contributed by atoms with E-state index in [-0.39, 0.29) is 11.6 Å². The summed E-state index contributed by atoms with van der Waals surface area (Å²) in [5.41, 5.74) is 0.838. The lowest BCUT2D eigenvalue weighted by Crippen LogP contribution is -2.40. The highest BCUT2D eigenvalue weighted by Crippen LogP contribution is 2.30. The van der Waals surface area contributed by atoms with Crippen LogP contribution in [0.1, 0.15) is 12.8 Å². The van der Waals surface area contributed by atoms with Gasteiger partial charge in [-0.25, -0.2) is 13.4 Å². The number of hydrogen-bond acceptors (Lipinski definition) is 5. The Balaban J connectivity index is 1.94. The van der Waals surface area contributed by atoms with Crippen LogP contribution in [0.3, 0.4) is 0 Å². The van der Waals surface area contributed by atoms with Crippen molar-refractivity contribution in [2.75, 3.05) is 6.54 Å². The van der Waals surface area contributed by atoms with E-state index < -0.39 is 22.0 Å². The van der Waals surface area contributed by atoms with Gasteiger partial charge in [0.05, 0.1) is 0 Å². The van der Waals surface area contributed by atoms with Crippen LogP contribution in [0.2, 0.25) is 0 Å². The van der Waals surface area contributed by atoms with Gasteiger partial charge in [0.15, 0.2) is 5.03 Å². The number of aliphatic carboxylic acids is 1. The highest BCUT2D eigenvalue weighted by Gasteiger charge is 2.40. The molecule has 22 heavy (non-hydrogen) atoms. The normalized spacial score (nSPS) is 19.4. The van der Waals surface area contributed by atoms with Gasteiger partial charge in [-0.3, -0.25) is 4.79 Å². The van der Waals surface area contributed by atoms with Gasteiger partial charge < -0.3 is 5.11 Å². The van der Waals surface area contributed by atoms with Gasteiger partial charge in [0, 0.05) is 17.5 Å². The summed E-state index contributed by atoms with van der Waals surface area (Å²) in [6.07, 6.45) is 0.885. The molecule has 1 aromatic heterocycles. The summed E-state index contributed by atoms with van der Waals surface area (Å²) in [6.45, 7) is 0.220. The number of hydrogen-bond donors (Lipinski definition) is 1. The SMILES string of the molecule is O=C(O)[C@@H]1CCCN1S(=O)(=O)c1csc(-c2ccccc2)n1. The van der Waals surface area contributed by atoms with Gasteiger partial charge >= 0.3 is 5.97 Å². The fourth-order valence-electron chi connectivity index (χ4n) is 2.49. The summed E-state index contributed by atoms with van der Waals surface area (Å²) in [5.74, 6) is -1.11. The molecule has 1 aromatic carbocycles. The van der Waals surface area contributed by atoms with Crippen LogP contribution in [0.25, 0.3) is 10.6 Å². The highest BCUT2D eigenvalue weighted by atomic mass is 32.2. The van der Waals surface area contributed by atoms with Crippen molar-refractivity contribution in [1.82, 2.24) is 9.29 Å². The summed E-state index contributed by atoms with van der Waals surface area (Å²) in [7, 11) is -3.87. The molecule has 0 aliphatic carbocycles. The van der Waals surface area contributed by atoms with Crippen LogP contribution in [-0.2, 0) is 14.8 Å². The fraction of sp³-hybridized carbons (Fsp3) is 0.286. The Hall–Kier alpha value is -1.77.